The molecule has 0 amide bonds. The Balaban J connectivity index is 2.35. The standard InChI is InChI=1S/C18H30N2O2S/c1-4-5-6-7-8-9-12-19-18(23-3)20-14-15-10-11-16(21)17(13-15)22-2/h10-11,13,21H,4-9,12,14H2,1-3H3,(H,19,20)/p+1. The van der Waals surface area contributed by atoms with Crippen LogP contribution in [0.1, 0.15) is 51.0 Å². The third-order valence-corrected chi connectivity index (χ3v) is 4.41. The van der Waals surface area contributed by atoms with Crippen molar-refractivity contribution in [2.75, 3.05) is 19.9 Å². The van der Waals surface area contributed by atoms with Crippen LogP contribution >= 0.6 is 11.8 Å². The van der Waals surface area contributed by atoms with Gasteiger partial charge in [-0.2, -0.15) is 0 Å². The molecule has 4 nitrogen and oxygen atoms in total. The molecule has 0 aromatic heterocycles. The van der Waals surface area contributed by atoms with E-state index in [0.29, 0.717) is 12.3 Å². The van der Waals surface area contributed by atoms with Crippen LogP contribution in [0.25, 0.3) is 0 Å². The van der Waals surface area contributed by atoms with Gasteiger partial charge in [0, 0.05) is 0 Å². The van der Waals surface area contributed by atoms with E-state index in [1.807, 2.05) is 12.1 Å². The summed E-state index contributed by atoms with van der Waals surface area (Å²) in [6.07, 6.45) is 9.92. The lowest BCUT2D eigenvalue weighted by molar-refractivity contribution is -0.474. The average Bonchev–Trinajstić information content (AvgIpc) is 2.58. The summed E-state index contributed by atoms with van der Waals surface area (Å²) in [7, 11) is 1.56. The van der Waals surface area contributed by atoms with Crippen LogP contribution in [0, 0.1) is 0 Å². The maximum Gasteiger partial charge on any atom is 0.304 e. The number of ether oxygens (including phenoxy) is 1. The Kier molecular flexibility index (Phi) is 10.4. The van der Waals surface area contributed by atoms with Crippen LogP contribution in [0.4, 0.5) is 0 Å². The fourth-order valence-corrected chi connectivity index (χ4v) is 2.79. The first-order valence-electron chi connectivity index (χ1n) is 8.45. The number of hydrogen-bond donors (Lipinski definition) is 3. The van der Waals surface area contributed by atoms with Crippen molar-refractivity contribution in [2.24, 2.45) is 0 Å². The summed E-state index contributed by atoms with van der Waals surface area (Å²) in [6, 6.07) is 5.42. The Hall–Kier alpha value is -1.36. The normalized spacial score (nSPS) is 11.5. The van der Waals surface area contributed by atoms with E-state index < -0.39 is 0 Å². The summed E-state index contributed by atoms with van der Waals surface area (Å²) in [5.41, 5.74) is 1.08. The Labute approximate surface area is 144 Å². The predicted octanol–water partition coefficient (Wildman–Crippen LogP) is 2.65. The van der Waals surface area contributed by atoms with Gasteiger partial charge >= 0.3 is 5.17 Å². The number of unbranched alkanes of at least 4 members (excludes halogenated alkanes) is 5. The van der Waals surface area contributed by atoms with Gasteiger partial charge in [-0.15, -0.1) is 0 Å². The van der Waals surface area contributed by atoms with Crippen molar-refractivity contribution >= 4 is 16.9 Å². The van der Waals surface area contributed by atoms with Crippen LogP contribution < -0.4 is 15.0 Å². The number of thioether (sulfide) groups is 1. The van der Waals surface area contributed by atoms with Crippen LogP contribution in [0.5, 0.6) is 11.5 Å². The highest BCUT2D eigenvalue weighted by molar-refractivity contribution is 8.12. The highest BCUT2D eigenvalue weighted by Crippen LogP contribution is 2.25. The lowest BCUT2D eigenvalue weighted by Crippen LogP contribution is -2.73. The van der Waals surface area contributed by atoms with E-state index in [1.165, 1.54) is 38.5 Å². The van der Waals surface area contributed by atoms with E-state index in [1.54, 1.807) is 24.9 Å². The highest BCUT2D eigenvalue weighted by atomic mass is 32.2. The molecule has 130 valence electrons. The molecule has 0 aliphatic rings. The minimum Gasteiger partial charge on any atom is -0.504 e. The molecule has 23 heavy (non-hydrogen) atoms. The summed E-state index contributed by atoms with van der Waals surface area (Å²) >= 11 is 1.69. The van der Waals surface area contributed by atoms with Crippen LogP contribution in [-0.2, 0) is 6.54 Å². The number of nitrogens with one attached hydrogen (secondary N) is 2. The summed E-state index contributed by atoms with van der Waals surface area (Å²) in [5.74, 6) is 0.682. The molecule has 0 spiro atoms. The first kappa shape index (κ1) is 19.7. The van der Waals surface area contributed by atoms with Crippen molar-refractivity contribution in [1.82, 2.24) is 5.32 Å². The molecule has 0 fully saturated rings. The van der Waals surface area contributed by atoms with E-state index in [9.17, 15) is 5.11 Å². The molecule has 5 heteroatoms. The number of methoxy groups -OCH3 is 1. The van der Waals surface area contributed by atoms with Crippen molar-refractivity contribution in [1.29, 1.82) is 0 Å². The van der Waals surface area contributed by atoms with Crippen LogP contribution in [0.15, 0.2) is 18.2 Å². The molecule has 0 unspecified atom stereocenters. The second-order valence-electron chi connectivity index (χ2n) is 5.59. The molecular weight excluding hydrogens is 308 g/mol. The van der Waals surface area contributed by atoms with Crippen LogP contribution in [0.2, 0.25) is 0 Å². The molecule has 0 aliphatic carbocycles. The van der Waals surface area contributed by atoms with Crippen molar-refractivity contribution in [2.45, 2.75) is 52.0 Å². The van der Waals surface area contributed by atoms with E-state index in [2.05, 4.69) is 23.5 Å². The average molecular weight is 340 g/mol. The van der Waals surface area contributed by atoms with Crippen molar-refractivity contribution < 1.29 is 14.8 Å². The molecule has 0 heterocycles. The van der Waals surface area contributed by atoms with E-state index in [4.69, 9.17) is 4.74 Å². The first-order chi connectivity index (χ1) is 11.2. The predicted molar refractivity (Wildman–Crippen MR) is 99.2 cm³/mol. The first-order valence-corrected chi connectivity index (χ1v) is 9.68. The molecule has 1 rings (SSSR count). The van der Waals surface area contributed by atoms with Gasteiger partial charge in [-0.1, -0.05) is 38.7 Å². The number of rotatable bonds is 10. The molecular formula is C18H31N2O2S+. The molecule has 0 saturated heterocycles. The van der Waals surface area contributed by atoms with E-state index in [-0.39, 0.29) is 5.75 Å². The van der Waals surface area contributed by atoms with Gasteiger partial charge in [0.25, 0.3) is 0 Å². The number of phenols is 1. The van der Waals surface area contributed by atoms with E-state index >= 15 is 0 Å². The zero-order valence-corrected chi connectivity index (χ0v) is 15.5. The van der Waals surface area contributed by atoms with Crippen molar-refractivity contribution in [3.8, 4) is 11.5 Å². The van der Waals surface area contributed by atoms with Gasteiger partial charge in [0.05, 0.1) is 13.7 Å². The van der Waals surface area contributed by atoms with Gasteiger partial charge in [-0.05, 0) is 48.6 Å². The van der Waals surface area contributed by atoms with Crippen molar-refractivity contribution in [3.63, 3.8) is 0 Å². The Morgan fingerprint density at radius 3 is 2.65 bits per heavy atom. The molecule has 0 atom stereocenters. The number of aromatic hydroxyl groups is 1. The number of amidine groups is 1. The Bertz CT molecular complexity index is 478. The van der Waals surface area contributed by atoms with Gasteiger partial charge in [-0.3, -0.25) is 10.3 Å². The second kappa shape index (κ2) is 12.1. The third kappa shape index (κ3) is 8.16. The van der Waals surface area contributed by atoms with Gasteiger partial charge in [0.1, 0.15) is 6.54 Å². The quantitative estimate of drug-likeness (QED) is 0.348. The van der Waals surface area contributed by atoms with Crippen LogP contribution in [0.3, 0.4) is 0 Å². The lowest BCUT2D eigenvalue weighted by atomic mass is 10.1. The maximum atomic E-state index is 9.61. The summed E-state index contributed by atoms with van der Waals surface area (Å²) in [5, 5.41) is 14.2. The zero-order valence-electron chi connectivity index (χ0n) is 14.7. The van der Waals surface area contributed by atoms with E-state index in [0.717, 1.165) is 17.3 Å². The molecule has 0 aliphatic heterocycles. The summed E-state index contributed by atoms with van der Waals surface area (Å²) in [4.78, 5) is 3.40. The lowest BCUT2D eigenvalue weighted by Gasteiger charge is -2.05. The van der Waals surface area contributed by atoms with Gasteiger partial charge in [0.15, 0.2) is 11.5 Å². The monoisotopic (exact) mass is 339 g/mol. The Morgan fingerprint density at radius 1 is 1.22 bits per heavy atom. The van der Waals surface area contributed by atoms with Crippen LogP contribution in [-0.4, -0.2) is 30.2 Å². The third-order valence-electron chi connectivity index (χ3n) is 3.72. The number of hydrogen-bond acceptors (Lipinski definition) is 3. The molecule has 1 aromatic rings. The number of phenolic OH excluding ortho intramolecular Hbond substituents is 1. The maximum absolute atomic E-state index is 9.61. The fourth-order valence-electron chi connectivity index (χ4n) is 2.33. The minimum absolute atomic E-state index is 0.173. The van der Waals surface area contributed by atoms with Crippen molar-refractivity contribution in [3.05, 3.63) is 23.8 Å². The second-order valence-corrected chi connectivity index (χ2v) is 6.40. The summed E-state index contributed by atoms with van der Waals surface area (Å²) < 4.78 is 5.13. The summed E-state index contributed by atoms with van der Waals surface area (Å²) in [6.45, 7) is 3.96. The molecule has 0 radical (unpaired) electrons. The fraction of sp³-hybridized carbons (Fsp3) is 0.611. The largest absolute Gasteiger partial charge is 0.504 e. The van der Waals surface area contributed by atoms with Gasteiger partial charge in [-0.25, -0.2) is 0 Å². The SMILES string of the molecule is CCCCCCCCNC(=[NH+]Cc1ccc(O)c(OC)c1)SC. The van der Waals surface area contributed by atoms with Gasteiger partial charge in [0.2, 0.25) is 0 Å². The van der Waals surface area contributed by atoms with Gasteiger partial charge < -0.3 is 9.84 Å². The number of benzene rings is 1. The topological polar surface area (TPSA) is 55.5 Å². The highest BCUT2D eigenvalue weighted by Gasteiger charge is 2.06. The molecule has 1 aromatic carbocycles. The smallest absolute Gasteiger partial charge is 0.304 e. The molecule has 3 N–H and O–H groups in total. The minimum atomic E-state index is 0.173. The molecule has 0 bridgehead atoms. The Morgan fingerprint density at radius 2 is 1.96 bits per heavy atom. The zero-order chi connectivity index (χ0) is 16.9. The molecule has 0 saturated carbocycles.